The summed E-state index contributed by atoms with van der Waals surface area (Å²) in [4.78, 5) is 10.4. The molecule has 1 aromatic carbocycles. The van der Waals surface area contributed by atoms with Crippen LogP contribution in [0.4, 0.5) is 4.39 Å². The molecule has 0 saturated carbocycles. The van der Waals surface area contributed by atoms with Crippen LogP contribution in [0.5, 0.6) is 0 Å². The molecule has 0 fully saturated rings. The third kappa shape index (κ3) is 3.51. The average Bonchev–Trinajstić information content (AvgIpc) is 2.04. The number of rotatable bonds is 3. The lowest BCUT2D eigenvalue weighted by molar-refractivity contribution is -0.138. The van der Waals surface area contributed by atoms with E-state index in [1.54, 1.807) is 6.07 Å². The summed E-state index contributed by atoms with van der Waals surface area (Å²) < 4.78 is 12.6. The fourth-order valence-electron chi connectivity index (χ4n) is 1.01. The highest BCUT2D eigenvalue weighted by molar-refractivity contribution is 5.73. The zero-order chi connectivity index (χ0) is 9.84. The molecule has 0 aliphatic carbocycles. The normalized spacial score (nSPS) is 11.6. The highest BCUT2D eigenvalue weighted by Gasteiger charge is 2.11. The second kappa shape index (κ2) is 5.31. The summed E-state index contributed by atoms with van der Waals surface area (Å²) in [6, 6.07) is 4.78. The maximum absolute atomic E-state index is 12.6. The van der Waals surface area contributed by atoms with Crippen LogP contribution in [0.25, 0.3) is 0 Å². The molecule has 0 aromatic heterocycles. The van der Waals surface area contributed by atoms with Crippen molar-refractivity contribution in [1.29, 1.82) is 0 Å². The Morgan fingerprint density at radius 3 is 2.71 bits per heavy atom. The number of carboxylic acids is 1. The van der Waals surface area contributed by atoms with Crippen LogP contribution >= 0.6 is 0 Å². The lowest BCUT2D eigenvalue weighted by atomic mass is 10.1. The van der Waals surface area contributed by atoms with Crippen LogP contribution in [0.1, 0.15) is 5.56 Å². The summed E-state index contributed by atoms with van der Waals surface area (Å²) in [5, 5.41) is 8.49. The van der Waals surface area contributed by atoms with Crippen molar-refractivity contribution in [3.05, 3.63) is 35.6 Å². The highest BCUT2D eigenvalue weighted by Crippen LogP contribution is 2.05. The lowest BCUT2D eigenvalue weighted by Gasteiger charge is -2.05. The van der Waals surface area contributed by atoms with Gasteiger partial charge in [0.1, 0.15) is 11.9 Å². The Labute approximate surface area is 80.5 Å². The second-order valence-corrected chi connectivity index (χ2v) is 2.78. The average molecular weight is 201 g/mol. The first-order valence-corrected chi connectivity index (χ1v) is 3.82. The molecule has 0 radical (unpaired) electrons. The van der Waals surface area contributed by atoms with E-state index in [9.17, 15) is 9.18 Å². The highest BCUT2D eigenvalue weighted by atomic mass is 19.1. The molecule has 1 atom stereocenters. The zero-order valence-corrected chi connectivity index (χ0v) is 7.40. The summed E-state index contributed by atoms with van der Waals surface area (Å²) in [6.45, 7) is 0. The molecule has 14 heavy (non-hydrogen) atoms. The summed E-state index contributed by atoms with van der Waals surface area (Å²) in [5.41, 5.74) is 5.87. The quantitative estimate of drug-likeness (QED) is 0.718. The largest absolute Gasteiger partial charge is 0.480 e. The first-order chi connectivity index (χ1) is 6.09. The van der Waals surface area contributed by atoms with E-state index in [2.05, 4.69) is 0 Å². The summed E-state index contributed by atoms with van der Waals surface area (Å²) in [7, 11) is 0. The van der Waals surface area contributed by atoms with E-state index in [0.717, 1.165) is 0 Å². The molecule has 0 aliphatic heterocycles. The van der Waals surface area contributed by atoms with Crippen LogP contribution in [0.3, 0.4) is 0 Å². The van der Waals surface area contributed by atoms with Gasteiger partial charge in [0, 0.05) is 0 Å². The van der Waals surface area contributed by atoms with Gasteiger partial charge in [0.25, 0.3) is 0 Å². The Hall–Kier alpha value is -1.46. The lowest BCUT2D eigenvalue weighted by Crippen LogP contribution is -2.32. The Kier molecular flexibility index (Phi) is 4.76. The number of carbonyl (C=O) groups is 1. The van der Waals surface area contributed by atoms with Crippen LogP contribution in [-0.4, -0.2) is 22.6 Å². The maximum Gasteiger partial charge on any atom is 0.320 e. The van der Waals surface area contributed by atoms with Gasteiger partial charge in [-0.1, -0.05) is 12.1 Å². The fraction of sp³-hybridized carbons (Fsp3) is 0.222. The third-order valence-electron chi connectivity index (χ3n) is 1.66. The van der Waals surface area contributed by atoms with Crippen molar-refractivity contribution < 1.29 is 19.8 Å². The van der Waals surface area contributed by atoms with Gasteiger partial charge in [0.2, 0.25) is 0 Å². The Balaban J connectivity index is 0.00000169. The van der Waals surface area contributed by atoms with Crippen molar-refractivity contribution >= 4 is 5.97 Å². The Morgan fingerprint density at radius 1 is 1.57 bits per heavy atom. The number of carboxylic acid groups (broad SMARTS) is 1. The van der Waals surface area contributed by atoms with E-state index in [0.29, 0.717) is 5.56 Å². The van der Waals surface area contributed by atoms with Gasteiger partial charge in [0.15, 0.2) is 0 Å². The molecule has 0 spiro atoms. The minimum atomic E-state index is -1.08. The fourth-order valence-corrected chi connectivity index (χ4v) is 1.01. The van der Waals surface area contributed by atoms with Crippen molar-refractivity contribution in [2.75, 3.05) is 0 Å². The van der Waals surface area contributed by atoms with Gasteiger partial charge in [-0.2, -0.15) is 0 Å². The number of hydrogen-bond donors (Lipinski definition) is 2. The van der Waals surface area contributed by atoms with E-state index in [1.165, 1.54) is 18.2 Å². The third-order valence-corrected chi connectivity index (χ3v) is 1.66. The number of nitrogens with two attached hydrogens (primary N) is 1. The van der Waals surface area contributed by atoms with E-state index >= 15 is 0 Å². The van der Waals surface area contributed by atoms with Crippen LogP contribution < -0.4 is 5.73 Å². The summed E-state index contributed by atoms with van der Waals surface area (Å²) >= 11 is 0. The molecule has 4 nitrogen and oxygen atoms in total. The standard InChI is InChI=1S/C9H10FNO2.H2O/c10-7-3-1-2-6(4-7)5-8(11)9(12)13;/h1-4,8H,5,11H2,(H,12,13);1H2/t8-;/m0./s1. The minimum absolute atomic E-state index is 0. The van der Waals surface area contributed by atoms with E-state index in [-0.39, 0.29) is 17.7 Å². The molecule has 0 amide bonds. The van der Waals surface area contributed by atoms with Crippen molar-refractivity contribution in [3.8, 4) is 0 Å². The molecular formula is C9H12FNO3. The molecule has 5 heteroatoms. The number of benzene rings is 1. The van der Waals surface area contributed by atoms with Crippen LogP contribution in [0.15, 0.2) is 24.3 Å². The molecule has 0 heterocycles. The molecule has 0 bridgehead atoms. The second-order valence-electron chi connectivity index (χ2n) is 2.78. The molecule has 0 unspecified atom stereocenters. The summed E-state index contributed by atoms with van der Waals surface area (Å²) in [6.07, 6.45) is 0.146. The van der Waals surface area contributed by atoms with Gasteiger partial charge in [-0.3, -0.25) is 4.79 Å². The molecule has 1 aromatic rings. The predicted molar refractivity (Wildman–Crippen MR) is 49.3 cm³/mol. The monoisotopic (exact) mass is 201 g/mol. The van der Waals surface area contributed by atoms with E-state index in [1.807, 2.05) is 0 Å². The van der Waals surface area contributed by atoms with Gasteiger partial charge >= 0.3 is 5.97 Å². The maximum atomic E-state index is 12.6. The SMILES string of the molecule is N[C@@H](Cc1cccc(F)c1)C(=O)O.O. The number of halogens is 1. The van der Waals surface area contributed by atoms with Gasteiger partial charge in [0.05, 0.1) is 0 Å². The van der Waals surface area contributed by atoms with Gasteiger partial charge < -0.3 is 16.3 Å². The van der Waals surface area contributed by atoms with Crippen molar-refractivity contribution in [2.45, 2.75) is 12.5 Å². The molecular weight excluding hydrogens is 189 g/mol. The smallest absolute Gasteiger partial charge is 0.320 e. The van der Waals surface area contributed by atoms with Crippen LogP contribution in [0, 0.1) is 5.82 Å². The van der Waals surface area contributed by atoms with E-state index < -0.39 is 12.0 Å². The topological polar surface area (TPSA) is 94.8 Å². The first kappa shape index (κ1) is 12.5. The van der Waals surface area contributed by atoms with Crippen molar-refractivity contribution in [2.24, 2.45) is 5.73 Å². The van der Waals surface area contributed by atoms with Gasteiger partial charge in [-0.15, -0.1) is 0 Å². The Morgan fingerprint density at radius 2 is 2.21 bits per heavy atom. The molecule has 0 aliphatic rings. The molecule has 5 N–H and O–H groups in total. The van der Waals surface area contributed by atoms with Gasteiger partial charge in [-0.05, 0) is 24.1 Å². The Bertz CT molecular complexity index is 317. The van der Waals surface area contributed by atoms with Gasteiger partial charge in [-0.25, -0.2) is 4.39 Å². The van der Waals surface area contributed by atoms with E-state index in [4.69, 9.17) is 10.8 Å². The first-order valence-electron chi connectivity index (χ1n) is 3.82. The van der Waals surface area contributed by atoms with Crippen molar-refractivity contribution in [3.63, 3.8) is 0 Å². The zero-order valence-electron chi connectivity index (χ0n) is 7.40. The van der Waals surface area contributed by atoms with Crippen LogP contribution in [0.2, 0.25) is 0 Å². The molecule has 78 valence electrons. The number of hydrogen-bond acceptors (Lipinski definition) is 2. The predicted octanol–water partition coefficient (Wildman–Crippen LogP) is -0.0446. The molecule has 0 saturated heterocycles. The number of aliphatic carboxylic acids is 1. The molecule has 1 rings (SSSR count). The van der Waals surface area contributed by atoms with Crippen LogP contribution in [-0.2, 0) is 11.2 Å². The minimum Gasteiger partial charge on any atom is -0.480 e. The van der Waals surface area contributed by atoms with Crippen molar-refractivity contribution in [1.82, 2.24) is 0 Å². The summed E-state index contributed by atoms with van der Waals surface area (Å²) in [5.74, 6) is -1.46.